The molecule has 0 aliphatic rings. The number of fused-ring (bicyclic) bond motifs is 1. The Balaban J connectivity index is 2.19. The standard InChI is InChI=1S/C15H16N2S/c1-4-11-5-6-18-14(11)15-16-12-7-9(2)10(3)8-13(12)17-15/h5-8H,4H2,1-3H3,(H,16,17). The topological polar surface area (TPSA) is 28.7 Å². The zero-order chi connectivity index (χ0) is 12.7. The Hall–Kier alpha value is -1.61. The van der Waals surface area contributed by atoms with Crippen molar-refractivity contribution in [2.45, 2.75) is 27.2 Å². The zero-order valence-electron chi connectivity index (χ0n) is 10.9. The second kappa shape index (κ2) is 4.25. The van der Waals surface area contributed by atoms with E-state index >= 15 is 0 Å². The quantitative estimate of drug-likeness (QED) is 0.720. The Bertz CT molecular complexity index is 667. The second-order valence-corrected chi connectivity index (χ2v) is 5.58. The van der Waals surface area contributed by atoms with Gasteiger partial charge in [0.1, 0.15) is 5.82 Å². The van der Waals surface area contributed by atoms with Crippen molar-refractivity contribution in [3.63, 3.8) is 0 Å². The van der Waals surface area contributed by atoms with Gasteiger partial charge in [0.15, 0.2) is 0 Å². The molecule has 0 fully saturated rings. The summed E-state index contributed by atoms with van der Waals surface area (Å²) in [6.07, 6.45) is 1.05. The van der Waals surface area contributed by atoms with Crippen LogP contribution in [0.5, 0.6) is 0 Å². The first-order valence-corrected chi connectivity index (χ1v) is 7.10. The highest BCUT2D eigenvalue weighted by atomic mass is 32.1. The summed E-state index contributed by atoms with van der Waals surface area (Å²) >= 11 is 1.76. The van der Waals surface area contributed by atoms with Crippen LogP contribution in [0.25, 0.3) is 21.7 Å². The van der Waals surface area contributed by atoms with Crippen LogP contribution in [-0.2, 0) is 6.42 Å². The molecule has 0 saturated heterocycles. The lowest BCUT2D eigenvalue weighted by Gasteiger charge is -1.97. The lowest BCUT2D eigenvalue weighted by molar-refractivity contribution is 1.15. The van der Waals surface area contributed by atoms with Crippen LogP contribution in [0.4, 0.5) is 0 Å². The molecule has 0 aliphatic heterocycles. The molecule has 0 bridgehead atoms. The van der Waals surface area contributed by atoms with Gasteiger partial charge in [-0.15, -0.1) is 11.3 Å². The van der Waals surface area contributed by atoms with E-state index in [1.54, 1.807) is 11.3 Å². The van der Waals surface area contributed by atoms with Crippen molar-refractivity contribution in [1.82, 2.24) is 9.97 Å². The summed E-state index contributed by atoms with van der Waals surface area (Å²) in [5.74, 6) is 1.00. The van der Waals surface area contributed by atoms with Crippen molar-refractivity contribution in [3.05, 3.63) is 40.3 Å². The second-order valence-electron chi connectivity index (χ2n) is 4.67. The molecule has 1 aromatic carbocycles. The van der Waals surface area contributed by atoms with E-state index in [1.807, 2.05) is 0 Å². The maximum Gasteiger partial charge on any atom is 0.148 e. The number of nitrogens with zero attached hydrogens (tertiary/aromatic N) is 1. The summed E-state index contributed by atoms with van der Waals surface area (Å²) in [5.41, 5.74) is 6.15. The molecule has 0 aliphatic carbocycles. The fraction of sp³-hybridized carbons (Fsp3) is 0.267. The molecule has 18 heavy (non-hydrogen) atoms. The van der Waals surface area contributed by atoms with Crippen molar-refractivity contribution >= 4 is 22.4 Å². The van der Waals surface area contributed by atoms with Crippen molar-refractivity contribution in [3.8, 4) is 10.7 Å². The van der Waals surface area contributed by atoms with Gasteiger partial charge in [-0.3, -0.25) is 0 Å². The van der Waals surface area contributed by atoms with Crippen LogP contribution >= 0.6 is 11.3 Å². The average molecular weight is 256 g/mol. The highest BCUT2D eigenvalue weighted by Gasteiger charge is 2.11. The Morgan fingerprint density at radius 1 is 1.22 bits per heavy atom. The third-order valence-corrected chi connectivity index (χ3v) is 4.40. The number of imidazole rings is 1. The Kier molecular flexibility index (Phi) is 2.71. The van der Waals surface area contributed by atoms with Gasteiger partial charge in [0, 0.05) is 0 Å². The zero-order valence-corrected chi connectivity index (χ0v) is 11.7. The van der Waals surface area contributed by atoms with E-state index in [-0.39, 0.29) is 0 Å². The fourth-order valence-corrected chi connectivity index (χ4v) is 3.14. The third kappa shape index (κ3) is 1.75. The molecule has 0 saturated carbocycles. The van der Waals surface area contributed by atoms with E-state index in [0.29, 0.717) is 0 Å². The monoisotopic (exact) mass is 256 g/mol. The maximum absolute atomic E-state index is 4.72. The number of hydrogen-bond acceptors (Lipinski definition) is 2. The van der Waals surface area contributed by atoms with E-state index < -0.39 is 0 Å². The van der Waals surface area contributed by atoms with Crippen molar-refractivity contribution in [2.75, 3.05) is 0 Å². The number of aromatic amines is 1. The molecule has 1 N–H and O–H groups in total. The smallest absolute Gasteiger partial charge is 0.148 e. The summed E-state index contributed by atoms with van der Waals surface area (Å²) in [5, 5.41) is 2.14. The van der Waals surface area contributed by atoms with Crippen LogP contribution in [0.1, 0.15) is 23.6 Å². The van der Waals surface area contributed by atoms with Gasteiger partial charge < -0.3 is 4.98 Å². The number of benzene rings is 1. The van der Waals surface area contributed by atoms with Crippen molar-refractivity contribution in [2.24, 2.45) is 0 Å². The molecule has 3 aromatic rings. The van der Waals surface area contributed by atoms with Gasteiger partial charge in [0.2, 0.25) is 0 Å². The minimum Gasteiger partial charge on any atom is -0.337 e. The van der Waals surface area contributed by atoms with Crippen LogP contribution in [0.15, 0.2) is 23.6 Å². The van der Waals surface area contributed by atoms with Crippen LogP contribution in [0.3, 0.4) is 0 Å². The highest BCUT2D eigenvalue weighted by molar-refractivity contribution is 7.13. The molecule has 0 amide bonds. The van der Waals surface area contributed by atoms with Crippen LogP contribution < -0.4 is 0 Å². The van der Waals surface area contributed by atoms with E-state index in [0.717, 1.165) is 23.3 Å². The number of nitrogens with one attached hydrogen (secondary N) is 1. The normalized spacial score (nSPS) is 11.3. The number of thiophene rings is 1. The van der Waals surface area contributed by atoms with Gasteiger partial charge in [-0.25, -0.2) is 4.98 Å². The number of aromatic nitrogens is 2. The minimum atomic E-state index is 1.00. The molecule has 2 aromatic heterocycles. The van der Waals surface area contributed by atoms with Crippen molar-refractivity contribution in [1.29, 1.82) is 0 Å². The predicted molar refractivity (Wildman–Crippen MR) is 78.3 cm³/mol. The van der Waals surface area contributed by atoms with Gasteiger partial charge in [-0.1, -0.05) is 6.92 Å². The summed E-state index contributed by atoms with van der Waals surface area (Å²) in [7, 11) is 0. The van der Waals surface area contributed by atoms with Gasteiger partial charge >= 0.3 is 0 Å². The Labute approximate surface area is 111 Å². The van der Waals surface area contributed by atoms with Gasteiger partial charge in [0.25, 0.3) is 0 Å². The van der Waals surface area contributed by atoms with Crippen molar-refractivity contribution < 1.29 is 0 Å². The first-order chi connectivity index (χ1) is 8.69. The molecule has 3 rings (SSSR count). The maximum atomic E-state index is 4.72. The average Bonchev–Trinajstić information content (AvgIpc) is 2.95. The molecule has 0 unspecified atom stereocenters. The van der Waals surface area contributed by atoms with Crippen LogP contribution in [0.2, 0.25) is 0 Å². The minimum absolute atomic E-state index is 1.00. The van der Waals surface area contributed by atoms with Gasteiger partial charge in [-0.05, 0) is 60.5 Å². The Morgan fingerprint density at radius 3 is 2.78 bits per heavy atom. The third-order valence-electron chi connectivity index (χ3n) is 3.44. The van der Waals surface area contributed by atoms with E-state index in [2.05, 4.69) is 49.3 Å². The van der Waals surface area contributed by atoms with Crippen LogP contribution in [-0.4, -0.2) is 9.97 Å². The largest absolute Gasteiger partial charge is 0.337 e. The molecule has 2 heterocycles. The van der Waals surface area contributed by atoms with E-state index in [1.165, 1.54) is 21.6 Å². The Morgan fingerprint density at radius 2 is 2.00 bits per heavy atom. The SMILES string of the molecule is CCc1ccsc1-c1nc2cc(C)c(C)cc2[nH]1. The molecular weight excluding hydrogens is 240 g/mol. The summed E-state index contributed by atoms with van der Waals surface area (Å²) in [6, 6.07) is 6.52. The summed E-state index contributed by atoms with van der Waals surface area (Å²) in [6.45, 7) is 6.45. The molecule has 92 valence electrons. The highest BCUT2D eigenvalue weighted by Crippen LogP contribution is 2.30. The number of aryl methyl sites for hydroxylation is 3. The van der Waals surface area contributed by atoms with E-state index in [4.69, 9.17) is 4.98 Å². The summed E-state index contributed by atoms with van der Waals surface area (Å²) < 4.78 is 0. The number of rotatable bonds is 2. The van der Waals surface area contributed by atoms with Gasteiger partial charge in [0.05, 0.1) is 15.9 Å². The molecular formula is C15H16N2S. The lowest BCUT2D eigenvalue weighted by atomic mass is 10.1. The molecule has 2 nitrogen and oxygen atoms in total. The molecule has 3 heteroatoms. The first kappa shape index (κ1) is 11.5. The van der Waals surface area contributed by atoms with E-state index in [9.17, 15) is 0 Å². The van der Waals surface area contributed by atoms with Crippen LogP contribution in [0, 0.1) is 13.8 Å². The molecule has 0 atom stereocenters. The number of hydrogen-bond donors (Lipinski definition) is 1. The number of H-pyrrole nitrogens is 1. The summed E-state index contributed by atoms with van der Waals surface area (Å²) in [4.78, 5) is 9.43. The lowest BCUT2D eigenvalue weighted by Crippen LogP contribution is -1.82. The molecule has 0 spiro atoms. The van der Waals surface area contributed by atoms with Gasteiger partial charge in [-0.2, -0.15) is 0 Å². The molecule has 0 radical (unpaired) electrons. The fourth-order valence-electron chi connectivity index (χ4n) is 2.20. The predicted octanol–water partition coefficient (Wildman–Crippen LogP) is 4.47. The first-order valence-electron chi connectivity index (χ1n) is 6.22.